The number of alkyl halides is 2. The molecule has 1 aromatic heterocycles. The third kappa shape index (κ3) is 1.41. The molecule has 6 heteroatoms. The molecule has 1 atom stereocenters. The van der Waals surface area contributed by atoms with Gasteiger partial charge in [0.1, 0.15) is 0 Å². The van der Waals surface area contributed by atoms with E-state index in [4.69, 9.17) is 17.3 Å². The van der Waals surface area contributed by atoms with Gasteiger partial charge in [-0.15, -0.1) is 0 Å². The Balaban J connectivity index is 2.50. The molecule has 1 aromatic rings. The van der Waals surface area contributed by atoms with Crippen molar-refractivity contribution in [2.75, 3.05) is 6.54 Å². The Morgan fingerprint density at radius 1 is 1.53 bits per heavy atom. The highest BCUT2D eigenvalue weighted by atomic mass is 35.5. The van der Waals surface area contributed by atoms with Crippen LogP contribution in [-0.4, -0.2) is 17.5 Å². The van der Waals surface area contributed by atoms with Crippen molar-refractivity contribution in [3.05, 3.63) is 28.8 Å². The van der Waals surface area contributed by atoms with Crippen LogP contribution >= 0.6 is 11.6 Å². The summed E-state index contributed by atoms with van der Waals surface area (Å²) in [4.78, 5) is 3.31. The Hall–Kier alpha value is -0.810. The van der Waals surface area contributed by atoms with E-state index < -0.39 is 23.7 Å². The SMILES string of the molecule is NCC1(c2cc(Cl)cnc2F)CC1(F)F. The van der Waals surface area contributed by atoms with E-state index in [2.05, 4.69) is 4.98 Å². The summed E-state index contributed by atoms with van der Waals surface area (Å²) in [6.07, 6.45) is 0.626. The van der Waals surface area contributed by atoms with Gasteiger partial charge in [-0.3, -0.25) is 0 Å². The Kier molecular flexibility index (Phi) is 2.20. The van der Waals surface area contributed by atoms with Gasteiger partial charge >= 0.3 is 0 Å². The summed E-state index contributed by atoms with van der Waals surface area (Å²) >= 11 is 5.59. The summed E-state index contributed by atoms with van der Waals surface area (Å²) in [6, 6.07) is 1.16. The molecule has 1 saturated carbocycles. The van der Waals surface area contributed by atoms with E-state index in [0.29, 0.717) is 0 Å². The van der Waals surface area contributed by atoms with Crippen molar-refractivity contribution >= 4 is 11.6 Å². The van der Waals surface area contributed by atoms with Crippen LogP contribution in [0.3, 0.4) is 0 Å². The molecule has 1 aliphatic carbocycles. The molecule has 0 bridgehead atoms. The normalized spacial score (nSPS) is 27.8. The molecule has 1 heterocycles. The molecule has 15 heavy (non-hydrogen) atoms. The first-order valence-corrected chi connectivity index (χ1v) is 4.70. The fourth-order valence-electron chi connectivity index (χ4n) is 1.72. The van der Waals surface area contributed by atoms with E-state index in [9.17, 15) is 13.2 Å². The van der Waals surface area contributed by atoms with Crippen molar-refractivity contribution in [1.29, 1.82) is 0 Å². The lowest BCUT2D eigenvalue weighted by molar-refractivity contribution is 0.0884. The summed E-state index contributed by atoms with van der Waals surface area (Å²) in [5.41, 5.74) is 3.47. The van der Waals surface area contributed by atoms with Crippen LogP contribution in [0.4, 0.5) is 13.2 Å². The quantitative estimate of drug-likeness (QED) is 0.799. The van der Waals surface area contributed by atoms with Gasteiger partial charge in [-0.1, -0.05) is 11.6 Å². The first kappa shape index (κ1) is 10.7. The molecule has 1 fully saturated rings. The van der Waals surface area contributed by atoms with Gasteiger partial charge in [0.2, 0.25) is 5.95 Å². The van der Waals surface area contributed by atoms with Gasteiger partial charge in [-0.25, -0.2) is 13.8 Å². The van der Waals surface area contributed by atoms with Crippen LogP contribution in [0.15, 0.2) is 12.3 Å². The third-order valence-electron chi connectivity index (χ3n) is 2.77. The molecular formula is C9H8ClF3N2. The van der Waals surface area contributed by atoms with Gasteiger partial charge in [0.05, 0.1) is 10.4 Å². The number of hydrogen-bond donors (Lipinski definition) is 1. The van der Waals surface area contributed by atoms with Gasteiger partial charge in [0.25, 0.3) is 5.92 Å². The fourth-order valence-corrected chi connectivity index (χ4v) is 1.87. The Morgan fingerprint density at radius 2 is 2.13 bits per heavy atom. The zero-order chi connectivity index (χ0) is 11.3. The van der Waals surface area contributed by atoms with Crippen LogP contribution in [0, 0.1) is 5.95 Å². The lowest BCUT2D eigenvalue weighted by Gasteiger charge is -2.14. The van der Waals surface area contributed by atoms with Crippen molar-refractivity contribution in [2.45, 2.75) is 17.8 Å². The van der Waals surface area contributed by atoms with Gasteiger partial charge in [-0.2, -0.15) is 4.39 Å². The Morgan fingerprint density at radius 3 is 2.60 bits per heavy atom. The predicted molar refractivity (Wildman–Crippen MR) is 49.5 cm³/mol. The van der Waals surface area contributed by atoms with E-state index in [1.807, 2.05) is 0 Å². The molecule has 0 amide bonds. The van der Waals surface area contributed by atoms with Gasteiger partial charge in [0, 0.05) is 24.7 Å². The molecule has 2 rings (SSSR count). The average Bonchev–Trinajstić information content (AvgIpc) is 2.74. The zero-order valence-corrected chi connectivity index (χ0v) is 8.36. The van der Waals surface area contributed by atoms with E-state index in [-0.39, 0.29) is 17.1 Å². The molecular weight excluding hydrogens is 229 g/mol. The summed E-state index contributed by atoms with van der Waals surface area (Å²) in [6.45, 7) is -0.320. The van der Waals surface area contributed by atoms with Crippen LogP contribution in [0.5, 0.6) is 0 Å². The number of halogens is 4. The number of nitrogens with two attached hydrogens (primary N) is 1. The van der Waals surface area contributed by atoms with Crippen LogP contribution in [0.2, 0.25) is 5.02 Å². The Labute approximate surface area is 89.2 Å². The van der Waals surface area contributed by atoms with Crippen LogP contribution in [0.25, 0.3) is 0 Å². The number of aromatic nitrogens is 1. The summed E-state index contributed by atoms with van der Waals surface area (Å²) in [7, 11) is 0. The number of pyridine rings is 1. The van der Waals surface area contributed by atoms with Gasteiger partial charge < -0.3 is 5.73 Å². The highest BCUT2D eigenvalue weighted by Crippen LogP contribution is 2.61. The van der Waals surface area contributed by atoms with Crippen molar-refractivity contribution in [3.8, 4) is 0 Å². The second-order valence-electron chi connectivity index (χ2n) is 3.66. The van der Waals surface area contributed by atoms with E-state index >= 15 is 0 Å². The van der Waals surface area contributed by atoms with E-state index in [1.54, 1.807) is 0 Å². The van der Waals surface area contributed by atoms with E-state index in [0.717, 1.165) is 12.3 Å². The summed E-state index contributed by atoms with van der Waals surface area (Å²) in [5, 5.41) is 0.127. The first-order valence-electron chi connectivity index (χ1n) is 4.32. The van der Waals surface area contributed by atoms with E-state index in [1.165, 1.54) is 0 Å². The fraction of sp³-hybridized carbons (Fsp3) is 0.444. The molecule has 0 aliphatic heterocycles. The molecule has 2 N–H and O–H groups in total. The van der Waals surface area contributed by atoms with Crippen molar-refractivity contribution in [1.82, 2.24) is 4.98 Å². The maximum absolute atomic E-state index is 13.3. The lowest BCUT2D eigenvalue weighted by Crippen LogP contribution is -2.28. The largest absolute Gasteiger partial charge is 0.329 e. The first-order chi connectivity index (χ1) is 6.93. The molecule has 82 valence electrons. The standard InChI is InChI=1S/C9H8ClF3N2/c10-5-1-6(7(11)15-2-5)8(4-14)3-9(8,12)13/h1-2H,3-4,14H2. The zero-order valence-electron chi connectivity index (χ0n) is 7.61. The molecule has 0 aromatic carbocycles. The number of rotatable bonds is 2. The lowest BCUT2D eigenvalue weighted by atomic mass is 9.97. The second-order valence-corrected chi connectivity index (χ2v) is 4.10. The minimum absolute atomic E-state index is 0.127. The molecule has 0 radical (unpaired) electrons. The van der Waals surface area contributed by atoms with Crippen molar-refractivity contribution in [3.63, 3.8) is 0 Å². The van der Waals surface area contributed by atoms with Crippen LogP contribution < -0.4 is 5.73 Å². The highest BCUT2D eigenvalue weighted by molar-refractivity contribution is 6.30. The second kappa shape index (κ2) is 3.09. The van der Waals surface area contributed by atoms with Crippen molar-refractivity contribution in [2.24, 2.45) is 5.73 Å². The van der Waals surface area contributed by atoms with Crippen LogP contribution in [0.1, 0.15) is 12.0 Å². The smallest absolute Gasteiger partial charge is 0.260 e. The molecule has 0 saturated heterocycles. The van der Waals surface area contributed by atoms with Gasteiger partial charge in [0.15, 0.2) is 0 Å². The minimum atomic E-state index is -2.96. The predicted octanol–water partition coefficient (Wildman–Crippen LogP) is 2.11. The molecule has 1 unspecified atom stereocenters. The summed E-state index contributed by atoms with van der Waals surface area (Å²) in [5.74, 6) is -3.89. The monoisotopic (exact) mass is 236 g/mol. The maximum atomic E-state index is 13.3. The van der Waals surface area contributed by atoms with Crippen molar-refractivity contribution < 1.29 is 13.2 Å². The third-order valence-corrected chi connectivity index (χ3v) is 2.98. The molecule has 1 aliphatic rings. The number of hydrogen-bond acceptors (Lipinski definition) is 2. The number of nitrogens with zero attached hydrogens (tertiary/aromatic N) is 1. The Bertz CT molecular complexity index is 410. The molecule has 2 nitrogen and oxygen atoms in total. The molecule has 0 spiro atoms. The minimum Gasteiger partial charge on any atom is -0.329 e. The van der Waals surface area contributed by atoms with Gasteiger partial charge in [-0.05, 0) is 6.07 Å². The maximum Gasteiger partial charge on any atom is 0.260 e. The summed E-state index contributed by atoms with van der Waals surface area (Å²) < 4.78 is 39.5. The van der Waals surface area contributed by atoms with Crippen LogP contribution in [-0.2, 0) is 5.41 Å². The topological polar surface area (TPSA) is 38.9 Å². The highest BCUT2D eigenvalue weighted by Gasteiger charge is 2.72. The average molecular weight is 237 g/mol.